The Bertz CT molecular complexity index is 863. The van der Waals surface area contributed by atoms with E-state index in [1.807, 2.05) is 18.2 Å². The van der Waals surface area contributed by atoms with Gasteiger partial charge >= 0.3 is 0 Å². The number of hydrogen-bond acceptors (Lipinski definition) is 3. The molecule has 108 valence electrons. The highest BCUT2D eigenvalue weighted by Gasteiger charge is 2.19. The van der Waals surface area contributed by atoms with Gasteiger partial charge in [0.2, 0.25) is 5.91 Å². The monoisotopic (exact) mass is 289 g/mol. The number of nitrogens with two attached hydrogens (primary N) is 1. The van der Waals surface area contributed by atoms with Gasteiger partial charge in [-0.15, -0.1) is 0 Å². The van der Waals surface area contributed by atoms with Crippen molar-refractivity contribution in [1.82, 2.24) is 4.98 Å². The number of aromatic nitrogens is 1. The van der Waals surface area contributed by atoms with Crippen molar-refractivity contribution in [3.8, 4) is 0 Å². The summed E-state index contributed by atoms with van der Waals surface area (Å²) >= 11 is 0. The van der Waals surface area contributed by atoms with Crippen molar-refractivity contribution >= 4 is 22.6 Å². The van der Waals surface area contributed by atoms with Crippen LogP contribution in [0.2, 0.25) is 0 Å². The van der Waals surface area contributed by atoms with Crippen molar-refractivity contribution in [2.75, 3.05) is 4.90 Å². The molecule has 0 unspecified atom stereocenters. The topological polar surface area (TPSA) is 59.2 Å². The third-order valence-corrected chi connectivity index (χ3v) is 4.13. The number of hydrogen-bond donors (Lipinski definition) is 1. The van der Waals surface area contributed by atoms with Crippen LogP contribution in [0, 0.1) is 0 Å². The summed E-state index contributed by atoms with van der Waals surface area (Å²) in [5, 5.41) is 1.01. The van der Waals surface area contributed by atoms with Crippen LogP contribution in [0.3, 0.4) is 0 Å². The number of amides is 1. The summed E-state index contributed by atoms with van der Waals surface area (Å²) in [7, 11) is 0. The van der Waals surface area contributed by atoms with Crippen molar-refractivity contribution in [3.63, 3.8) is 0 Å². The molecule has 22 heavy (non-hydrogen) atoms. The minimum Gasteiger partial charge on any atom is -0.366 e. The van der Waals surface area contributed by atoms with Crippen LogP contribution in [0.5, 0.6) is 0 Å². The van der Waals surface area contributed by atoms with Crippen LogP contribution in [0.15, 0.2) is 54.6 Å². The lowest BCUT2D eigenvalue weighted by Crippen LogP contribution is -2.16. The summed E-state index contributed by atoms with van der Waals surface area (Å²) < 4.78 is 0. The van der Waals surface area contributed by atoms with Gasteiger partial charge in [0.25, 0.3) is 0 Å². The van der Waals surface area contributed by atoms with Crippen LogP contribution in [-0.2, 0) is 13.1 Å². The van der Waals surface area contributed by atoms with Gasteiger partial charge in [-0.2, -0.15) is 0 Å². The molecule has 0 aliphatic carbocycles. The molecule has 0 radical (unpaired) electrons. The zero-order chi connectivity index (χ0) is 15.1. The van der Waals surface area contributed by atoms with E-state index in [4.69, 9.17) is 10.7 Å². The number of pyridine rings is 1. The number of primary amides is 1. The van der Waals surface area contributed by atoms with Gasteiger partial charge in [0, 0.05) is 24.0 Å². The zero-order valence-electron chi connectivity index (χ0n) is 12.0. The van der Waals surface area contributed by atoms with Crippen LogP contribution < -0.4 is 10.6 Å². The average molecular weight is 289 g/mol. The SMILES string of the molecule is NC(=O)c1ccc2ccc(N3Cc4ccccc4C3)nc2c1. The fraction of sp³-hybridized carbons (Fsp3) is 0.111. The second kappa shape index (κ2) is 4.84. The van der Waals surface area contributed by atoms with Gasteiger partial charge in [0.15, 0.2) is 0 Å². The molecule has 0 saturated heterocycles. The molecule has 0 bridgehead atoms. The second-order valence-corrected chi connectivity index (χ2v) is 5.57. The molecular formula is C18H15N3O. The molecular weight excluding hydrogens is 274 g/mol. The van der Waals surface area contributed by atoms with Crippen molar-refractivity contribution in [2.45, 2.75) is 13.1 Å². The molecule has 1 aromatic heterocycles. The molecule has 1 aliphatic rings. The fourth-order valence-electron chi connectivity index (χ4n) is 2.93. The van der Waals surface area contributed by atoms with Gasteiger partial charge in [0.05, 0.1) is 5.52 Å². The van der Waals surface area contributed by atoms with Crippen molar-refractivity contribution < 1.29 is 4.79 Å². The molecule has 2 aromatic carbocycles. The van der Waals surface area contributed by atoms with Crippen LogP contribution in [0.1, 0.15) is 21.5 Å². The maximum absolute atomic E-state index is 11.3. The Labute approximate surface area is 128 Å². The van der Waals surface area contributed by atoms with Crippen LogP contribution in [0.4, 0.5) is 5.82 Å². The maximum Gasteiger partial charge on any atom is 0.248 e. The summed E-state index contributed by atoms with van der Waals surface area (Å²) in [4.78, 5) is 18.3. The quantitative estimate of drug-likeness (QED) is 0.789. The van der Waals surface area contributed by atoms with Gasteiger partial charge in [-0.1, -0.05) is 30.3 Å². The molecule has 4 nitrogen and oxygen atoms in total. The smallest absolute Gasteiger partial charge is 0.248 e. The highest BCUT2D eigenvalue weighted by Crippen LogP contribution is 2.28. The second-order valence-electron chi connectivity index (χ2n) is 5.57. The zero-order valence-corrected chi connectivity index (χ0v) is 12.0. The lowest BCUT2D eigenvalue weighted by molar-refractivity contribution is 0.100. The first-order chi connectivity index (χ1) is 10.7. The molecule has 0 spiro atoms. The Morgan fingerprint density at radius 3 is 2.36 bits per heavy atom. The molecule has 1 amide bonds. The summed E-state index contributed by atoms with van der Waals surface area (Å²) in [6.45, 7) is 1.73. The normalized spacial score (nSPS) is 13.4. The molecule has 0 fully saturated rings. The summed E-state index contributed by atoms with van der Waals surface area (Å²) in [6, 6.07) is 17.9. The van der Waals surface area contributed by atoms with Crippen LogP contribution in [-0.4, -0.2) is 10.9 Å². The Morgan fingerprint density at radius 2 is 1.68 bits per heavy atom. The molecule has 0 saturated carbocycles. The average Bonchev–Trinajstić information content (AvgIpc) is 2.97. The van der Waals surface area contributed by atoms with Gasteiger partial charge < -0.3 is 10.6 Å². The molecule has 1 aliphatic heterocycles. The number of rotatable bonds is 2. The summed E-state index contributed by atoms with van der Waals surface area (Å²) in [5.41, 5.74) is 9.31. The van der Waals surface area contributed by atoms with E-state index >= 15 is 0 Å². The Balaban J connectivity index is 1.73. The van der Waals surface area contributed by atoms with E-state index in [2.05, 4.69) is 29.2 Å². The number of nitrogens with zero attached hydrogens (tertiary/aromatic N) is 2. The maximum atomic E-state index is 11.3. The highest BCUT2D eigenvalue weighted by atomic mass is 16.1. The number of carbonyl (C=O) groups excluding carboxylic acids is 1. The number of anilines is 1. The summed E-state index contributed by atoms with van der Waals surface area (Å²) in [5.74, 6) is 0.494. The molecule has 3 aromatic rings. The van der Waals surface area contributed by atoms with E-state index in [0.29, 0.717) is 5.56 Å². The van der Waals surface area contributed by atoms with Gasteiger partial charge in [-0.25, -0.2) is 4.98 Å². The summed E-state index contributed by atoms with van der Waals surface area (Å²) in [6.07, 6.45) is 0. The van der Waals surface area contributed by atoms with E-state index in [1.165, 1.54) is 11.1 Å². The molecule has 4 rings (SSSR count). The van der Waals surface area contributed by atoms with E-state index in [1.54, 1.807) is 12.1 Å². The van der Waals surface area contributed by atoms with Gasteiger partial charge in [-0.05, 0) is 35.4 Å². The van der Waals surface area contributed by atoms with Crippen LogP contribution >= 0.6 is 0 Å². The number of fused-ring (bicyclic) bond motifs is 2. The predicted molar refractivity (Wildman–Crippen MR) is 86.6 cm³/mol. The number of carbonyl (C=O) groups is 1. The Kier molecular flexibility index (Phi) is 2.82. The lowest BCUT2D eigenvalue weighted by atomic mass is 10.1. The van der Waals surface area contributed by atoms with E-state index < -0.39 is 5.91 Å². The molecule has 2 N–H and O–H groups in total. The van der Waals surface area contributed by atoms with Gasteiger partial charge in [0.1, 0.15) is 5.82 Å². The minimum atomic E-state index is -0.428. The molecule has 2 heterocycles. The van der Waals surface area contributed by atoms with Gasteiger partial charge in [-0.3, -0.25) is 4.79 Å². The number of benzene rings is 2. The van der Waals surface area contributed by atoms with E-state index in [9.17, 15) is 4.79 Å². The molecule has 4 heteroatoms. The van der Waals surface area contributed by atoms with Crippen molar-refractivity contribution in [1.29, 1.82) is 0 Å². The van der Waals surface area contributed by atoms with Crippen LogP contribution in [0.25, 0.3) is 10.9 Å². The Morgan fingerprint density at radius 1 is 1.00 bits per heavy atom. The third kappa shape index (κ3) is 2.09. The third-order valence-electron chi connectivity index (χ3n) is 4.13. The van der Waals surface area contributed by atoms with E-state index in [-0.39, 0.29) is 0 Å². The fourth-order valence-corrected chi connectivity index (χ4v) is 2.93. The lowest BCUT2D eigenvalue weighted by Gasteiger charge is -2.17. The largest absolute Gasteiger partial charge is 0.366 e. The Hall–Kier alpha value is -2.88. The first-order valence-corrected chi connectivity index (χ1v) is 7.23. The first-order valence-electron chi connectivity index (χ1n) is 7.23. The predicted octanol–water partition coefficient (Wildman–Crippen LogP) is 2.85. The van der Waals surface area contributed by atoms with E-state index in [0.717, 1.165) is 29.8 Å². The standard InChI is InChI=1S/C18H15N3O/c19-18(22)13-6-5-12-7-8-17(20-16(12)9-13)21-10-14-3-1-2-4-15(14)11-21/h1-9H,10-11H2,(H2,19,22). The van der Waals surface area contributed by atoms with Crippen molar-refractivity contribution in [2.24, 2.45) is 5.73 Å². The molecule has 0 atom stereocenters. The minimum absolute atomic E-state index is 0.428. The first kappa shape index (κ1) is 12.8. The highest BCUT2D eigenvalue weighted by molar-refractivity contribution is 5.96. The van der Waals surface area contributed by atoms with Crippen molar-refractivity contribution in [3.05, 3.63) is 71.3 Å².